The summed E-state index contributed by atoms with van der Waals surface area (Å²) in [6.45, 7) is 5.72. The van der Waals surface area contributed by atoms with Gasteiger partial charge in [-0.15, -0.1) is 0 Å². The minimum Gasteiger partial charge on any atom is -0.462 e. The number of rotatable bonds is 6. The summed E-state index contributed by atoms with van der Waals surface area (Å²) in [5, 5.41) is 10.8. The lowest BCUT2D eigenvalue weighted by Crippen LogP contribution is -2.13. The second-order valence-electron chi connectivity index (χ2n) is 5.87. The first-order valence-electron chi connectivity index (χ1n) is 8.35. The van der Waals surface area contributed by atoms with E-state index in [2.05, 4.69) is 15.6 Å². The van der Waals surface area contributed by atoms with E-state index in [1.165, 1.54) is 6.20 Å². The lowest BCUT2D eigenvalue weighted by Gasteiger charge is -2.06. The summed E-state index contributed by atoms with van der Waals surface area (Å²) in [6.07, 6.45) is 3.99. The van der Waals surface area contributed by atoms with Crippen LogP contribution in [0.5, 0.6) is 0 Å². The van der Waals surface area contributed by atoms with Gasteiger partial charge in [-0.3, -0.25) is 4.79 Å². The first kappa shape index (κ1) is 17.7. The van der Waals surface area contributed by atoms with Gasteiger partial charge in [-0.1, -0.05) is 5.16 Å². The zero-order chi connectivity index (χ0) is 18.7. The standard InChI is InChI=1S/C18H20N4O4/c1-4-25-18(24)15-10-19-22-8-7-13(9-16(15)22)20-17(23)6-5-14-11(2)21-26-12(14)3/h7-10H,4-6H2,1-3H3,(H,20,23). The van der Waals surface area contributed by atoms with Gasteiger partial charge in [0.1, 0.15) is 11.3 Å². The molecular weight excluding hydrogens is 336 g/mol. The third-order valence-electron chi connectivity index (χ3n) is 4.08. The molecule has 0 bridgehead atoms. The lowest BCUT2D eigenvalue weighted by molar-refractivity contribution is -0.116. The molecule has 26 heavy (non-hydrogen) atoms. The van der Waals surface area contributed by atoms with E-state index in [9.17, 15) is 9.59 Å². The van der Waals surface area contributed by atoms with Crippen molar-refractivity contribution >= 4 is 23.1 Å². The average Bonchev–Trinajstić information content (AvgIpc) is 3.16. The number of anilines is 1. The molecule has 136 valence electrons. The topological polar surface area (TPSA) is 98.7 Å². The molecule has 0 radical (unpaired) electrons. The molecule has 3 rings (SSSR count). The zero-order valence-corrected chi connectivity index (χ0v) is 14.9. The van der Waals surface area contributed by atoms with E-state index in [0.29, 0.717) is 29.6 Å². The molecule has 8 nitrogen and oxygen atoms in total. The van der Waals surface area contributed by atoms with E-state index < -0.39 is 5.97 Å². The number of fused-ring (bicyclic) bond motifs is 1. The molecule has 0 saturated heterocycles. The maximum absolute atomic E-state index is 12.2. The molecule has 3 aromatic rings. The van der Waals surface area contributed by atoms with Gasteiger partial charge in [-0.05, 0) is 39.3 Å². The molecular formula is C18H20N4O4. The highest BCUT2D eigenvalue weighted by atomic mass is 16.5. The van der Waals surface area contributed by atoms with Crippen LogP contribution in [0.3, 0.4) is 0 Å². The van der Waals surface area contributed by atoms with Crippen molar-refractivity contribution in [3.05, 3.63) is 47.1 Å². The summed E-state index contributed by atoms with van der Waals surface area (Å²) in [5.41, 5.74) is 3.28. The highest BCUT2D eigenvalue weighted by Gasteiger charge is 2.15. The Morgan fingerprint density at radius 3 is 2.85 bits per heavy atom. The van der Waals surface area contributed by atoms with Crippen molar-refractivity contribution in [2.75, 3.05) is 11.9 Å². The SMILES string of the molecule is CCOC(=O)c1cnn2ccc(NC(=O)CCc3c(C)noc3C)cc12. The van der Waals surface area contributed by atoms with Gasteiger partial charge in [0, 0.05) is 23.9 Å². The van der Waals surface area contributed by atoms with Crippen LogP contribution in [0.2, 0.25) is 0 Å². The highest BCUT2D eigenvalue weighted by Crippen LogP contribution is 2.18. The molecule has 8 heteroatoms. The van der Waals surface area contributed by atoms with Crippen LogP contribution < -0.4 is 5.32 Å². The van der Waals surface area contributed by atoms with Gasteiger partial charge in [0.25, 0.3) is 0 Å². The minimum absolute atomic E-state index is 0.133. The quantitative estimate of drug-likeness (QED) is 0.682. The zero-order valence-electron chi connectivity index (χ0n) is 14.9. The molecule has 0 saturated carbocycles. The maximum atomic E-state index is 12.2. The molecule has 0 unspecified atom stereocenters. The van der Waals surface area contributed by atoms with E-state index in [1.807, 2.05) is 13.8 Å². The van der Waals surface area contributed by atoms with E-state index >= 15 is 0 Å². The normalized spacial score (nSPS) is 10.9. The Labute approximate surface area is 150 Å². The van der Waals surface area contributed by atoms with Crippen LogP contribution in [-0.4, -0.2) is 33.3 Å². The van der Waals surface area contributed by atoms with Crippen molar-refractivity contribution in [3.63, 3.8) is 0 Å². The number of amides is 1. The third kappa shape index (κ3) is 3.58. The number of hydrogen-bond acceptors (Lipinski definition) is 6. The van der Waals surface area contributed by atoms with Gasteiger partial charge >= 0.3 is 5.97 Å². The third-order valence-corrected chi connectivity index (χ3v) is 4.08. The summed E-state index contributed by atoms with van der Waals surface area (Å²) in [4.78, 5) is 24.2. The van der Waals surface area contributed by atoms with E-state index in [0.717, 1.165) is 17.0 Å². The van der Waals surface area contributed by atoms with E-state index in [-0.39, 0.29) is 12.5 Å². The summed E-state index contributed by atoms with van der Waals surface area (Å²) in [7, 11) is 0. The summed E-state index contributed by atoms with van der Waals surface area (Å²) < 4.78 is 11.7. The molecule has 1 N–H and O–H groups in total. The second-order valence-corrected chi connectivity index (χ2v) is 5.87. The van der Waals surface area contributed by atoms with Crippen LogP contribution in [0.25, 0.3) is 5.52 Å². The van der Waals surface area contributed by atoms with Crippen LogP contribution in [0.15, 0.2) is 29.0 Å². The smallest absolute Gasteiger partial charge is 0.341 e. The largest absolute Gasteiger partial charge is 0.462 e. The first-order valence-corrected chi connectivity index (χ1v) is 8.35. The van der Waals surface area contributed by atoms with Crippen LogP contribution in [0.4, 0.5) is 5.69 Å². The number of aromatic nitrogens is 3. The Bertz CT molecular complexity index is 938. The molecule has 1 amide bonds. The average molecular weight is 356 g/mol. The van der Waals surface area contributed by atoms with E-state index in [4.69, 9.17) is 9.26 Å². The fourth-order valence-corrected chi connectivity index (χ4v) is 2.75. The number of aryl methyl sites for hydroxylation is 2. The number of hydrogen-bond donors (Lipinski definition) is 1. The number of carbonyl (C=O) groups is 2. The van der Waals surface area contributed by atoms with Crippen molar-refractivity contribution in [3.8, 4) is 0 Å². The Morgan fingerprint density at radius 2 is 2.15 bits per heavy atom. The fourth-order valence-electron chi connectivity index (χ4n) is 2.75. The van der Waals surface area contributed by atoms with Gasteiger partial charge in [0.2, 0.25) is 5.91 Å². The molecule has 0 fully saturated rings. The van der Waals surface area contributed by atoms with Crippen molar-refractivity contribution < 1.29 is 18.8 Å². The van der Waals surface area contributed by atoms with Gasteiger partial charge in [-0.2, -0.15) is 5.10 Å². The number of ether oxygens (including phenoxy) is 1. The number of nitrogens with one attached hydrogen (secondary N) is 1. The molecule has 3 heterocycles. The summed E-state index contributed by atoms with van der Waals surface area (Å²) >= 11 is 0. The Balaban J connectivity index is 1.71. The van der Waals surface area contributed by atoms with Crippen LogP contribution in [0.1, 0.15) is 40.7 Å². The number of esters is 1. The Hall–Kier alpha value is -3.16. The van der Waals surface area contributed by atoms with E-state index in [1.54, 1.807) is 29.8 Å². The molecule has 0 aromatic carbocycles. The molecule has 0 aliphatic carbocycles. The Morgan fingerprint density at radius 1 is 1.35 bits per heavy atom. The number of carbonyl (C=O) groups excluding carboxylic acids is 2. The molecule has 0 atom stereocenters. The molecule has 0 aliphatic heterocycles. The van der Waals surface area contributed by atoms with Gasteiger partial charge in [0.15, 0.2) is 0 Å². The van der Waals surface area contributed by atoms with Crippen LogP contribution >= 0.6 is 0 Å². The van der Waals surface area contributed by atoms with Crippen LogP contribution in [0, 0.1) is 13.8 Å². The summed E-state index contributed by atoms with van der Waals surface area (Å²) in [5.74, 6) is 0.158. The van der Waals surface area contributed by atoms with Crippen LogP contribution in [-0.2, 0) is 16.0 Å². The lowest BCUT2D eigenvalue weighted by atomic mass is 10.1. The predicted octanol–water partition coefficient (Wildman–Crippen LogP) is 2.69. The second kappa shape index (κ2) is 7.38. The van der Waals surface area contributed by atoms with Crippen molar-refractivity contribution in [2.24, 2.45) is 0 Å². The number of nitrogens with zero attached hydrogens (tertiary/aromatic N) is 3. The minimum atomic E-state index is -0.440. The molecule has 0 spiro atoms. The fraction of sp³-hybridized carbons (Fsp3) is 0.333. The van der Waals surface area contributed by atoms with Crippen molar-refractivity contribution in [1.82, 2.24) is 14.8 Å². The van der Waals surface area contributed by atoms with Gasteiger partial charge in [0.05, 0.1) is 24.0 Å². The molecule has 0 aliphatic rings. The molecule has 3 aromatic heterocycles. The van der Waals surface area contributed by atoms with Gasteiger partial charge < -0.3 is 14.6 Å². The first-order chi connectivity index (χ1) is 12.5. The predicted molar refractivity (Wildman–Crippen MR) is 94.1 cm³/mol. The highest BCUT2D eigenvalue weighted by molar-refractivity contribution is 5.98. The van der Waals surface area contributed by atoms with Gasteiger partial charge in [-0.25, -0.2) is 9.31 Å². The maximum Gasteiger partial charge on any atom is 0.341 e. The van der Waals surface area contributed by atoms with Crippen molar-refractivity contribution in [1.29, 1.82) is 0 Å². The number of pyridine rings is 1. The monoisotopic (exact) mass is 356 g/mol. The van der Waals surface area contributed by atoms with Crippen molar-refractivity contribution in [2.45, 2.75) is 33.6 Å². The Kier molecular flexibility index (Phi) is 5.01. The summed E-state index contributed by atoms with van der Waals surface area (Å²) in [6, 6.07) is 3.43.